The van der Waals surface area contributed by atoms with E-state index in [0.717, 1.165) is 18.0 Å². The first-order valence-electron chi connectivity index (χ1n) is 7.02. The van der Waals surface area contributed by atoms with Gasteiger partial charge < -0.3 is 15.0 Å². The predicted molar refractivity (Wildman–Crippen MR) is 84.3 cm³/mol. The second-order valence-electron chi connectivity index (χ2n) is 5.13. The van der Waals surface area contributed by atoms with E-state index in [0.29, 0.717) is 0 Å². The van der Waals surface area contributed by atoms with Gasteiger partial charge >= 0.3 is 0 Å². The fourth-order valence-corrected chi connectivity index (χ4v) is 2.61. The van der Waals surface area contributed by atoms with Gasteiger partial charge in [-0.15, -0.1) is 0 Å². The number of nitrogens with zero attached hydrogens (tertiary/aromatic N) is 1. The van der Waals surface area contributed by atoms with Gasteiger partial charge in [0, 0.05) is 30.7 Å². The van der Waals surface area contributed by atoms with Gasteiger partial charge in [0.15, 0.2) is 0 Å². The first-order chi connectivity index (χ1) is 9.78. The van der Waals surface area contributed by atoms with Crippen LogP contribution in [-0.2, 0) is 6.42 Å². The molecule has 2 aromatic carbocycles. The minimum absolute atomic E-state index is 0.884. The summed E-state index contributed by atoms with van der Waals surface area (Å²) in [4.78, 5) is 2.19. The molecule has 1 aliphatic heterocycles. The van der Waals surface area contributed by atoms with Crippen LogP contribution in [0.3, 0.4) is 0 Å². The van der Waals surface area contributed by atoms with E-state index in [1.165, 1.54) is 29.8 Å². The Morgan fingerprint density at radius 2 is 1.80 bits per heavy atom. The standard InChI is InChI=1S/C17H20N2O/c1-19(14-7-9-16(20-2)10-8-14)15-6-5-13-4-3-11-18-17(13)12-15/h5-10,12,18H,3-4,11H2,1-2H3. The molecule has 0 unspecified atom stereocenters. The maximum absolute atomic E-state index is 5.20. The summed E-state index contributed by atoms with van der Waals surface area (Å²) in [7, 11) is 3.78. The van der Waals surface area contributed by atoms with Gasteiger partial charge in [-0.05, 0) is 54.8 Å². The van der Waals surface area contributed by atoms with Crippen LogP contribution in [0.4, 0.5) is 17.1 Å². The quantitative estimate of drug-likeness (QED) is 0.915. The number of rotatable bonds is 3. The van der Waals surface area contributed by atoms with E-state index in [2.05, 4.69) is 47.6 Å². The van der Waals surface area contributed by atoms with Crippen LogP contribution in [0.5, 0.6) is 5.75 Å². The average Bonchev–Trinajstić information content (AvgIpc) is 2.54. The molecule has 0 aromatic heterocycles. The Hall–Kier alpha value is -2.16. The third kappa shape index (κ3) is 2.44. The Morgan fingerprint density at radius 1 is 1.05 bits per heavy atom. The summed E-state index contributed by atoms with van der Waals surface area (Å²) < 4.78 is 5.20. The largest absolute Gasteiger partial charge is 0.497 e. The number of hydrogen-bond donors (Lipinski definition) is 1. The number of benzene rings is 2. The Balaban J connectivity index is 1.87. The highest BCUT2D eigenvalue weighted by atomic mass is 16.5. The lowest BCUT2D eigenvalue weighted by molar-refractivity contribution is 0.415. The van der Waals surface area contributed by atoms with Crippen molar-refractivity contribution >= 4 is 17.1 Å². The van der Waals surface area contributed by atoms with E-state index in [1.54, 1.807) is 7.11 Å². The number of ether oxygens (including phenoxy) is 1. The van der Waals surface area contributed by atoms with Crippen LogP contribution < -0.4 is 15.0 Å². The summed E-state index contributed by atoms with van der Waals surface area (Å²) >= 11 is 0. The molecule has 1 aliphatic rings. The van der Waals surface area contributed by atoms with Crippen molar-refractivity contribution in [3.63, 3.8) is 0 Å². The molecule has 0 aliphatic carbocycles. The summed E-state index contributed by atoms with van der Waals surface area (Å²) in [6.07, 6.45) is 2.40. The minimum Gasteiger partial charge on any atom is -0.497 e. The smallest absolute Gasteiger partial charge is 0.119 e. The van der Waals surface area contributed by atoms with Crippen LogP contribution >= 0.6 is 0 Å². The molecule has 0 amide bonds. The molecule has 1 heterocycles. The molecule has 0 saturated heterocycles. The molecule has 20 heavy (non-hydrogen) atoms. The fraction of sp³-hybridized carbons (Fsp3) is 0.294. The topological polar surface area (TPSA) is 24.5 Å². The van der Waals surface area contributed by atoms with Crippen molar-refractivity contribution in [2.45, 2.75) is 12.8 Å². The number of fused-ring (bicyclic) bond motifs is 1. The summed E-state index contributed by atoms with van der Waals surface area (Å²) in [6, 6.07) is 14.8. The minimum atomic E-state index is 0.884. The molecular formula is C17H20N2O. The molecular weight excluding hydrogens is 248 g/mol. The van der Waals surface area contributed by atoms with Gasteiger partial charge in [0.1, 0.15) is 5.75 Å². The highest BCUT2D eigenvalue weighted by Crippen LogP contribution is 2.31. The lowest BCUT2D eigenvalue weighted by atomic mass is 10.0. The monoisotopic (exact) mass is 268 g/mol. The molecule has 1 N–H and O–H groups in total. The molecule has 104 valence electrons. The summed E-state index contributed by atoms with van der Waals surface area (Å²) in [6.45, 7) is 1.07. The maximum Gasteiger partial charge on any atom is 0.119 e. The number of anilines is 3. The second kappa shape index (κ2) is 5.45. The van der Waals surface area contributed by atoms with Gasteiger partial charge in [-0.25, -0.2) is 0 Å². The van der Waals surface area contributed by atoms with Crippen molar-refractivity contribution in [1.82, 2.24) is 0 Å². The van der Waals surface area contributed by atoms with Crippen molar-refractivity contribution in [3.05, 3.63) is 48.0 Å². The molecule has 0 radical (unpaired) electrons. The van der Waals surface area contributed by atoms with Gasteiger partial charge in [-0.3, -0.25) is 0 Å². The van der Waals surface area contributed by atoms with Crippen molar-refractivity contribution < 1.29 is 4.74 Å². The van der Waals surface area contributed by atoms with E-state index in [-0.39, 0.29) is 0 Å². The van der Waals surface area contributed by atoms with Gasteiger partial charge in [0.2, 0.25) is 0 Å². The zero-order valence-corrected chi connectivity index (χ0v) is 12.0. The molecule has 3 heteroatoms. The first-order valence-corrected chi connectivity index (χ1v) is 7.02. The predicted octanol–water partition coefficient (Wildman–Crippen LogP) is 3.82. The summed E-state index contributed by atoms with van der Waals surface area (Å²) in [5.74, 6) is 0.884. The molecule has 0 spiro atoms. The van der Waals surface area contributed by atoms with Gasteiger partial charge in [-0.1, -0.05) is 6.07 Å². The SMILES string of the molecule is COc1ccc(N(C)c2ccc3c(c2)NCCC3)cc1. The Bertz CT molecular complexity index is 592. The maximum atomic E-state index is 5.20. The van der Waals surface area contributed by atoms with Crippen molar-refractivity contribution in [2.75, 3.05) is 30.9 Å². The number of nitrogens with one attached hydrogen (secondary N) is 1. The van der Waals surface area contributed by atoms with Crippen LogP contribution in [-0.4, -0.2) is 20.7 Å². The third-order valence-electron chi connectivity index (χ3n) is 3.88. The van der Waals surface area contributed by atoms with Gasteiger partial charge in [-0.2, -0.15) is 0 Å². The van der Waals surface area contributed by atoms with Gasteiger partial charge in [0.25, 0.3) is 0 Å². The number of methoxy groups -OCH3 is 1. The Labute approximate surface area is 120 Å². The van der Waals surface area contributed by atoms with E-state index < -0.39 is 0 Å². The summed E-state index contributed by atoms with van der Waals surface area (Å²) in [5, 5.41) is 3.48. The lowest BCUT2D eigenvalue weighted by Crippen LogP contribution is -2.14. The molecule has 0 bridgehead atoms. The molecule has 0 saturated carbocycles. The van der Waals surface area contributed by atoms with E-state index in [4.69, 9.17) is 4.74 Å². The summed E-state index contributed by atoms with van der Waals surface area (Å²) in [5.41, 5.74) is 5.04. The molecule has 0 fully saturated rings. The van der Waals surface area contributed by atoms with Crippen LogP contribution in [0.1, 0.15) is 12.0 Å². The highest BCUT2D eigenvalue weighted by Gasteiger charge is 2.11. The molecule has 3 nitrogen and oxygen atoms in total. The average molecular weight is 268 g/mol. The van der Waals surface area contributed by atoms with Crippen LogP contribution in [0.25, 0.3) is 0 Å². The Morgan fingerprint density at radius 3 is 2.55 bits per heavy atom. The van der Waals surface area contributed by atoms with E-state index in [1.807, 2.05) is 12.1 Å². The van der Waals surface area contributed by atoms with Crippen molar-refractivity contribution in [3.8, 4) is 5.75 Å². The second-order valence-corrected chi connectivity index (χ2v) is 5.13. The number of aryl methyl sites for hydroxylation is 1. The number of hydrogen-bond acceptors (Lipinski definition) is 3. The van der Waals surface area contributed by atoms with Gasteiger partial charge in [0.05, 0.1) is 7.11 Å². The molecule has 0 atom stereocenters. The lowest BCUT2D eigenvalue weighted by Gasteiger charge is -2.24. The Kier molecular flexibility index (Phi) is 3.50. The third-order valence-corrected chi connectivity index (χ3v) is 3.88. The zero-order valence-electron chi connectivity index (χ0n) is 12.0. The zero-order chi connectivity index (χ0) is 13.9. The van der Waals surface area contributed by atoms with E-state index >= 15 is 0 Å². The van der Waals surface area contributed by atoms with Crippen LogP contribution in [0.15, 0.2) is 42.5 Å². The molecule has 2 aromatic rings. The van der Waals surface area contributed by atoms with E-state index in [9.17, 15) is 0 Å². The first kappa shape index (κ1) is 12.9. The highest BCUT2D eigenvalue weighted by molar-refractivity contribution is 5.69. The normalized spacial score (nSPS) is 13.3. The van der Waals surface area contributed by atoms with Crippen molar-refractivity contribution in [1.29, 1.82) is 0 Å². The van der Waals surface area contributed by atoms with Crippen LogP contribution in [0.2, 0.25) is 0 Å². The fourth-order valence-electron chi connectivity index (χ4n) is 2.61. The van der Waals surface area contributed by atoms with Crippen molar-refractivity contribution in [2.24, 2.45) is 0 Å². The molecule has 3 rings (SSSR count). The van der Waals surface area contributed by atoms with Crippen LogP contribution in [0, 0.1) is 0 Å².